The van der Waals surface area contributed by atoms with Crippen LogP contribution in [0.15, 0.2) is 53.0 Å². The molecule has 2 aromatic heterocycles. The first-order chi connectivity index (χ1) is 10.9. The molecule has 0 radical (unpaired) electrons. The van der Waals surface area contributed by atoms with Crippen LogP contribution in [0.5, 0.6) is 0 Å². The summed E-state index contributed by atoms with van der Waals surface area (Å²) in [4.78, 5) is 7.84. The van der Waals surface area contributed by atoms with Gasteiger partial charge in [-0.15, -0.1) is 0 Å². The number of halogens is 3. The van der Waals surface area contributed by atoms with Crippen molar-refractivity contribution < 1.29 is 22.8 Å². The number of aromatic nitrogens is 2. The summed E-state index contributed by atoms with van der Waals surface area (Å²) in [5.74, 6) is 0.0730. The van der Waals surface area contributed by atoms with Gasteiger partial charge in [0.25, 0.3) is 6.01 Å². The molecule has 0 amide bonds. The van der Waals surface area contributed by atoms with E-state index < -0.39 is 11.9 Å². The van der Waals surface area contributed by atoms with Gasteiger partial charge in [0.15, 0.2) is 5.76 Å². The molecule has 3 heterocycles. The number of pyridine rings is 1. The molecular formula is C13H10F3N5O2. The molecule has 3 N–H and O–H groups in total. The van der Waals surface area contributed by atoms with E-state index in [1.807, 2.05) is 0 Å². The number of hydrogen-bond donors (Lipinski definition) is 3. The van der Waals surface area contributed by atoms with Crippen molar-refractivity contribution >= 4 is 17.4 Å². The maximum absolute atomic E-state index is 12.5. The molecule has 23 heavy (non-hydrogen) atoms. The molecule has 1 aliphatic heterocycles. The van der Waals surface area contributed by atoms with E-state index in [1.165, 1.54) is 6.20 Å². The minimum Gasteiger partial charge on any atom is -0.422 e. The third kappa shape index (κ3) is 3.26. The normalized spacial score (nSPS) is 14.9. The number of oxazole rings is 1. The van der Waals surface area contributed by atoms with Crippen LogP contribution < -0.4 is 10.7 Å². The number of alkyl halides is 3. The first-order valence-corrected chi connectivity index (χ1v) is 6.31. The average molecular weight is 325 g/mol. The van der Waals surface area contributed by atoms with Crippen molar-refractivity contribution in [1.82, 2.24) is 20.6 Å². The summed E-state index contributed by atoms with van der Waals surface area (Å²) < 4.78 is 43.0. The Bertz CT molecular complexity index is 754. The lowest BCUT2D eigenvalue weighted by molar-refractivity contribution is -0.132. The quantitative estimate of drug-likeness (QED) is 0.800. The molecule has 10 heteroatoms. The lowest BCUT2D eigenvalue weighted by atomic mass is 10.2. The first-order valence-electron chi connectivity index (χ1n) is 6.31. The third-order valence-corrected chi connectivity index (χ3v) is 2.84. The van der Waals surface area contributed by atoms with Crippen molar-refractivity contribution in [2.24, 2.45) is 0 Å². The standard InChI is InChI=1S/C13H10F3N5O2/c14-13(15,16)11-4-3-9(21(22)20-11)10-7-18-12(23-10)19-8-2-1-5-17-6-8/h1-7,20,22H,(H,18,19). The van der Waals surface area contributed by atoms with Gasteiger partial charge in [-0.3, -0.25) is 15.6 Å². The van der Waals surface area contributed by atoms with E-state index >= 15 is 0 Å². The van der Waals surface area contributed by atoms with Crippen LogP contribution in [0.25, 0.3) is 5.70 Å². The summed E-state index contributed by atoms with van der Waals surface area (Å²) in [6.45, 7) is 0. The molecule has 2 aromatic rings. The van der Waals surface area contributed by atoms with Gasteiger partial charge in [0.1, 0.15) is 11.4 Å². The second kappa shape index (κ2) is 5.65. The van der Waals surface area contributed by atoms with Crippen molar-refractivity contribution in [1.29, 1.82) is 0 Å². The van der Waals surface area contributed by atoms with E-state index in [9.17, 15) is 18.4 Å². The number of nitrogens with zero attached hydrogens (tertiary/aromatic N) is 3. The predicted molar refractivity (Wildman–Crippen MR) is 72.9 cm³/mol. The van der Waals surface area contributed by atoms with Gasteiger partial charge in [0.2, 0.25) is 0 Å². The molecule has 0 saturated heterocycles. The van der Waals surface area contributed by atoms with Crippen LogP contribution in [0.4, 0.5) is 24.9 Å². The SMILES string of the molecule is ON1NC(C(F)(F)F)=CC=C1c1cnc(Nc2cccnc2)o1. The predicted octanol–water partition coefficient (Wildman–Crippen LogP) is 2.81. The maximum Gasteiger partial charge on any atom is 0.432 e. The number of anilines is 2. The Morgan fingerprint density at radius 3 is 2.74 bits per heavy atom. The van der Waals surface area contributed by atoms with E-state index in [-0.39, 0.29) is 22.6 Å². The Morgan fingerprint density at radius 1 is 1.26 bits per heavy atom. The number of nitrogens with one attached hydrogen (secondary N) is 2. The topological polar surface area (TPSA) is 86.5 Å². The fourth-order valence-corrected chi connectivity index (χ4v) is 1.80. The zero-order valence-electron chi connectivity index (χ0n) is 11.4. The zero-order valence-corrected chi connectivity index (χ0v) is 11.4. The lowest BCUT2D eigenvalue weighted by Gasteiger charge is -2.26. The van der Waals surface area contributed by atoms with Gasteiger partial charge in [-0.2, -0.15) is 18.3 Å². The highest BCUT2D eigenvalue weighted by Crippen LogP contribution is 2.30. The van der Waals surface area contributed by atoms with E-state index in [1.54, 1.807) is 30.0 Å². The molecule has 0 bridgehead atoms. The Labute approximate surface area is 127 Å². The van der Waals surface area contributed by atoms with E-state index in [0.717, 1.165) is 12.2 Å². The van der Waals surface area contributed by atoms with Crippen LogP contribution >= 0.6 is 0 Å². The van der Waals surface area contributed by atoms with E-state index in [4.69, 9.17) is 4.42 Å². The number of hydrogen-bond acceptors (Lipinski definition) is 7. The Balaban J connectivity index is 1.80. The number of hydrazine groups is 1. The smallest absolute Gasteiger partial charge is 0.422 e. The molecule has 120 valence electrons. The highest BCUT2D eigenvalue weighted by atomic mass is 19.4. The van der Waals surface area contributed by atoms with E-state index in [2.05, 4.69) is 15.3 Å². The summed E-state index contributed by atoms with van der Waals surface area (Å²) in [6, 6.07) is 3.54. The van der Waals surface area contributed by atoms with Crippen molar-refractivity contribution in [3.05, 3.63) is 54.3 Å². The molecule has 0 aliphatic carbocycles. The molecule has 1 aliphatic rings. The fourth-order valence-electron chi connectivity index (χ4n) is 1.80. The average Bonchev–Trinajstić information content (AvgIpc) is 2.95. The zero-order chi connectivity index (χ0) is 16.4. The third-order valence-electron chi connectivity index (χ3n) is 2.84. The highest BCUT2D eigenvalue weighted by Gasteiger charge is 2.36. The van der Waals surface area contributed by atoms with Crippen LogP contribution in [0.1, 0.15) is 5.76 Å². The van der Waals surface area contributed by atoms with Gasteiger partial charge in [0, 0.05) is 6.20 Å². The monoisotopic (exact) mass is 325 g/mol. The molecular weight excluding hydrogens is 315 g/mol. The maximum atomic E-state index is 12.5. The molecule has 0 atom stereocenters. The summed E-state index contributed by atoms with van der Waals surface area (Å²) in [5.41, 5.74) is 1.30. The summed E-state index contributed by atoms with van der Waals surface area (Å²) in [7, 11) is 0. The summed E-state index contributed by atoms with van der Waals surface area (Å²) >= 11 is 0. The van der Waals surface area contributed by atoms with Gasteiger partial charge in [0.05, 0.1) is 18.1 Å². The van der Waals surface area contributed by atoms with Gasteiger partial charge in [-0.05, 0) is 24.3 Å². The minimum atomic E-state index is -4.60. The Morgan fingerprint density at radius 2 is 2.09 bits per heavy atom. The fraction of sp³-hybridized carbons (Fsp3) is 0.0769. The van der Waals surface area contributed by atoms with Crippen LogP contribution in [-0.4, -0.2) is 26.5 Å². The number of rotatable bonds is 3. The second-order valence-electron chi connectivity index (χ2n) is 4.45. The molecule has 0 saturated carbocycles. The molecule has 0 fully saturated rings. The molecule has 0 aromatic carbocycles. The van der Waals surface area contributed by atoms with Gasteiger partial charge < -0.3 is 9.73 Å². The van der Waals surface area contributed by atoms with Crippen LogP contribution in [0.2, 0.25) is 0 Å². The van der Waals surface area contributed by atoms with Crippen molar-refractivity contribution in [3.63, 3.8) is 0 Å². The molecule has 0 spiro atoms. The molecule has 0 unspecified atom stereocenters. The molecule has 7 nitrogen and oxygen atoms in total. The minimum absolute atomic E-state index is 0.0234. The number of allylic oxidation sites excluding steroid dienone is 3. The summed E-state index contributed by atoms with van der Waals surface area (Å²) in [6.07, 6.45) is 1.66. The van der Waals surface area contributed by atoms with E-state index in [0.29, 0.717) is 5.69 Å². The van der Waals surface area contributed by atoms with Crippen molar-refractivity contribution in [3.8, 4) is 0 Å². The number of hydroxylamine groups is 1. The Hall–Kier alpha value is -3.01. The van der Waals surface area contributed by atoms with Crippen molar-refractivity contribution in [2.45, 2.75) is 6.18 Å². The lowest BCUT2D eigenvalue weighted by Crippen LogP contribution is -2.40. The highest BCUT2D eigenvalue weighted by molar-refractivity contribution is 5.63. The molecule has 3 rings (SSSR count). The van der Waals surface area contributed by atoms with Crippen molar-refractivity contribution in [2.75, 3.05) is 5.32 Å². The van der Waals surface area contributed by atoms with Crippen LogP contribution in [-0.2, 0) is 0 Å². The van der Waals surface area contributed by atoms with Gasteiger partial charge >= 0.3 is 6.18 Å². The summed E-state index contributed by atoms with van der Waals surface area (Å²) in [5, 5.41) is 12.7. The Kier molecular flexibility index (Phi) is 3.66. The van der Waals surface area contributed by atoms with Crippen LogP contribution in [0, 0.1) is 0 Å². The van der Waals surface area contributed by atoms with Gasteiger partial charge in [-0.1, -0.05) is 0 Å². The van der Waals surface area contributed by atoms with Crippen LogP contribution in [0.3, 0.4) is 0 Å². The largest absolute Gasteiger partial charge is 0.432 e. The van der Waals surface area contributed by atoms with Gasteiger partial charge in [-0.25, -0.2) is 4.98 Å². The second-order valence-corrected chi connectivity index (χ2v) is 4.45. The first kappa shape index (κ1) is 14.9.